The van der Waals surface area contributed by atoms with Gasteiger partial charge in [-0.05, 0) is 78.9 Å². The number of carbonyl (C=O) groups is 1. The summed E-state index contributed by atoms with van der Waals surface area (Å²) in [5.41, 5.74) is 6.71. The van der Waals surface area contributed by atoms with Gasteiger partial charge in [-0.15, -0.1) is 0 Å². The molecule has 2 N–H and O–H groups in total. The van der Waals surface area contributed by atoms with Crippen LogP contribution in [-0.4, -0.2) is 37.4 Å². The monoisotopic (exact) mass is 549 g/mol. The molecule has 4 aromatic carbocycles. The second-order valence-electron chi connectivity index (χ2n) is 11.0. The largest absolute Gasteiger partial charge is 0.496 e. The number of ether oxygens (including phenoxy) is 1. The van der Waals surface area contributed by atoms with Crippen molar-refractivity contribution in [2.45, 2.75) is 37.8 Å². The second-order valence-corrected chi connectivity index (χ2v) is 11.0. The van der Waals surface area contributed by atoms with Crippen molar-refractivity contribution in [2.75, 3.05) is 37.4 Å². The van der Waals surface area contributed by atoms with E-state index < -0.39 is 0 Å². The van der Waals surface area contributed by atoms with Crippen LogP contribution in [0.2, 0.25) is 0 Å². The number of ketones is 1. The van der Waals surface area contributed by atoms with Gasteiger partial charge in [0, 0.05) is 42.1 Å². The maximum atomic E-state index is 14.0. The lowest BCUT2D eigenvalue weighted by Crippen LogP contribution is -2.32. The summed E-state index contributed by atoms with van der Waals surface area (Å²) >= 11 is 0. The van der Waals surface area contributed by atoms with Crippen molar-refractivity contribution in [2.24, 2.45) is 0 Å². The molecule has 1 fully saturated rings. The van der Waals surface area contributed by atoms with Gasteiger partial charge < -0.3 is 15.4 Å². The van der Waals surface area contributed by atoms with Crippen LogP contribution in [-0.2, 0) is 13.1 Å². The first-order valence-corrected chi connectivity index (χ1v) is 14.4. The zero-order chi connectivity index (χ0) is 28.2. The minimum atomic E-state index is -0.225. The Balaban J connectivity index is 1.07. The SMILES string of the molecule is COc1ccccc1C1CCN(Cc2cccc(C(=O)C3CNc4cc(NCc5ccccc5F)ccc43)c2)CC1. The summed E-state index contributed by atoms with van der Waals surface area (Å²) in [6.45, 7) is 3.86. The molecule has 0 saturated carbocycles. The molecule has 1 atom stereocenters. The van der Waals surface area contributed by atoms with Crippen LogP contribution in [0, 0.1) is 5.82 Å². The fraction of sp³-hybridized carbons (Fsp3) is 0.286. The molecular weight excluding hydrogens is 513 g/mol. The minimum Gasteiger partial charge on any atom is -0.496 e. The lowest BCUT2D eigenvalue weighted by molar-refractivity contribution is 0.0966. The molecule has 41 heavy (non-hydrogen) atoms. The number of hydrogen-bond acceptors (Lipinski definition) is 5. The number of methoxy groups -OCH3 is 1. The summed E-state index contributed by atoms with van der Waals surface area (Å²) in [5.74, 6) is 1.19. The van der Waals surface area contributed by atoms with Gasteiger partial charge in [0.2, 0.25) is 0 Å². The first-order chi connectivity index (χ1) is 20.1. The number of benzene rings is 4. The van der Waals surface area contributed by atoms with Crippen molar-refractivity contribution >= 4 is 17.2 Å². The number of Topliss-reactive ketones (excluding diaryl/α,β-unsaturated/α-hetero) is 1. The predicted octanol–water partition coefficient (Wildman–Crippen LogP) is 7.22. The number of fused-ring (bicyclic) bond motifs is 1. The van der Waals surface area contributed by atoms with E-state index >= 15 is 0 Å². The van der Waals surface area contributed by atoms with E-state index in [1.54, 1.807) is 19.2 Å². The number of carbonyl (C=O) groups excluding carboxylic acids is 1. The zero-order valence-electron chi connectivity index (χ0n) is 23.4. The average molecular weight is 550 g/mol. The highest BCUT2D eigenvalue weighted by Crippen LogP contribution is 2.37. The van der Waals surface area contributed by atoms with E-state index in [4.69, 9.17) is 4.74 Å². The second kappa shape index (κ2) is 12.1. The number of nitrogens with zero attached hydrogens (tertiary/aromatic N) is 1. The molecule has 0 aromatic heterocycles. The molecule has 0 aliphatic carbocycles. The third kappa shape index (κ3) is 5.98. The van der Waals surface area contributed by atoms with Crippen molar-refractivity contribution in [3.63, 3.8) is 0 Å². The number of halogens is 1. The van der Waals surface area contributed by atoms with Gasteiger partial charge in [0.25, 0.3) is 0 Å². The summed E-state index contributed by atoms with van der Waals surface area (Å²) in [6, 6.07) is 29.2. The average Bonchev–Trinajstić information content (AvgIpc) is 3.44. The van der Waals surface area contributed by atoms with Crippen LogP contribution in [0.5, 0.6) is 5.75 Å². The summed E-state index contributed by atoms with van der Waals surface area (Å²) in [5, 5.41) is 6.70. The summed E-state index contributed by atoms with van der Waals surface area (Å²) in [4.78, 5) is 16.1. The number of likely N-dealkylation sites (tertiary alicyclic amines) is 1. The van der Waals surface area contributed by atoms with Gasteiger partial charge in [0.1, 0.15) is 11.6 Å². The van der Waals surface area contributed by atoms with Crippen molar-refractivity contribution in [3.05, 3.63) is 125 Å². The summed E-state index contributed by atoms with van der Waals surface area (Å²) in [7, 11) is 1.74. The number of hydrogen-bond donors (Lipinski definition) is 2. The van der Waals surface area contributed by atoms with E-state index in [0.29, 0.717) is 24.6 Å². The van der Waals surface area contributed by atoms with E-state index in [0.717, 1.165) is 60.7 Å². The minimum absolute atomic E-state index is 0.139. The van der Waals surface area contributed by atoms with Gasteiger partial charge in [-0.25, -0.2) is 4.39 Å². The van der Waals surface area contributed by atoms with E-state index in [-0.39, 0.29) is 17.5 Å². The Bertz CT molecular complexity index is 1530. The molecule has 5 nitrogen and oxygen atoms in total. The number of nitrogens with one attached hydrogen (secondary N) is 2. The van der Waals surface area contributed by atoms with E-state index in [1.165, 1.54) is 17.2 Å². The van der Waals surface area contributed by atoms with Crippen LogP contribution >= 0.6 is 0 Å². The quantitative estimate of drug-likeness (QED) is 0.216. The molecule has 0 amide bonds. The molecule has 6 heteroatoms. The molecular formula is C35H36FN3O2. The topological polar surface area (TPSA) is 53.6 Å². The lowest BCUT2D eigenvalue weighted by Gasteiger charge is -2.32. The van der Waals surface area contributed by atoms with Gasteiger partial charge in [-0.3, -0.25) is 9.69 Å². The highest BCUT2D eigenvalue weighted by molar-refractivity contribution is 6.03. The Morgan fingerprint density at radius 2 is 1.76 bits per heavy atom. The van der Waals surface area contributed by atoms with Crippen molar-refractivity contribution in [3.8, 4) is 5.75 Å². The molecule has 1 saturated heterocycles. The zero-order valence-corrected chi connectivity index (χ0v) is 23.4. The molecule has 2 heterocycles. The standard InChI is InChI=1S/C35H36FN3O2/c1-41-34-12-5-3-10-29(34)25-15-17-39(18-16-25)23-24-7-6-9-26(19-24)35(40)31-22-38-33-20-28(13-14-30(31)33)37-21-27-8-2-4-11-32(27)36/h2-14,19-20,25,31,37-38H,15-18,21-23H2,1H3. The lowest BCUT2D eigenvalue weighted by atomic mass is 9.88. The predicted molar refractivity (Wildman–Crippen MR) is 162 cm³/mol. The maximum Gasteiger partial charge on any atom is 0.172 e. The Kier molecular flexibility index (Phi) is 8.01. The van der Waals surface area contributed by atoms with Crippen LogP contribution in [0.15, 0.2) is 91.0 Å². The summed E-state index contributed by atoms with van der Waals surface area (Å²) in [6.07, 6.45) is 2.20. The number of anilines is 2. The van der Waals surface area contributed by atoms with Gasteiger partial charge in [-0.2, -0.15) is 0 Å². The maximum absolute atomic E-state index is 14.0. The van der Waals surface area contributed by atoms with Crippen molar-refractivity contribution in [1.82, 2.24) is 4.90 Å². The van der Waals surface area contributed by atoms with E-state index in [2.05, 4.69) is 39.8 Å². The molecule has 1 unspecified atom stereocenters. The Morgan fingerprint density at radius 1 is 0.951 bits per heavy atom. The van der Waals surface area contributed by atoms with Crippen LogP contribution in [0.25, 0.3) is 0 Å². The molecule has 0 bridgehead atoms. The molecule has 210 valence electrons. The summed E-state index contributed by atoms with van der Waals surface area (Å²) < 4.78 is 19.6. The number of para-hydroxylation sites is 1. The first kappa shape index (κ1) is 27.0. The van der Waals surface area contributed by atoms with E-state index in [9.17, 15) is 9.18 Å². The van der Waals surface area contributed by atoms with Crippen LogP contribution in [0.1, 0.15) is 57.3 Å². The molecule has 2 aliphatic rings. The molecule has 4 aromatic rings. The number of piperidine rings is 1. The number of rotatable bonds is 9. The first-order valence-electron chi connectivity index (χ1n) is 14.4. The van der Waals surface area contributed by atoms with E-state index in [1.807, 2.05) is 48.5 Å². The normalized spacial score (nSPS) is 17.1. The molecule has 2 aliphatic heterocycles. The van der Waals surface area contributed by atoms with Crippen molar-refractivity contribution in [1.29, 1.82) is 0 Å². The Hall–Kier alpha value is -4.16. The fourth-order valence-electron chi connectivity index (χ4n) is 6.21. The van der Waals surface area contributed by atoms with Gasteiger partial charge in [0.05, 0.1) is 13.0 Å². The van der Waals surface area contributed by atoms with Crippen LogP contribution < -0.4 is 15.4 Å². The fourth-order valence-corrected chi connectivity index (χ4v) is 6.21. The Morgan fingerprint density at radius 3 is 2.59 bits per heavy atom. The van der Waals surface area contributed by atoms with Crippen molar-refractivity contribution < 1.29 is 13.9 Å². The van der Waals surface area contributed by atoms with Crippen LogP contribution in [0.3, 0.4) is 0 Å². The third-order valence-electron chi connectivity index (χ3n) is 8.47. The van der Waals surface area contributed by atoms with Gasteiger partial charge in [0.15, 0.2) is 5.78 Å². The third-order valence-corrected chi connectivity index (χ3v) is 8.47. The Labute approximate surface area is 241 Å². The van der Waals surface area contributed by atoms with Gasteiger partial charge in [-0.1, -0.05) is 60.7 Å². The van der Waals surface area contributed by atoms with Crippen LogP contribution in [0.4, 0.5) is 15.8 Å². The van der Waals surface area contributed by atoms with Gasteiger partial charge >= 0.3 is 0 Å². The molecule has 0 radical (unpaired) electrons. The molecule has 0 spiro atoms. The smallest absolute Gasteiger partial charge is 0.172 e. The highest BCUT2D eigenvalue weighted by atomic mass is 19.1. The molecule has 6 rings (SSSR count). The highest BCUT2D eigenvalue weighted by Gasteiger charge is 2.30.